The Morgan fingerprint density at radius 3 is 2.00 bits per heavy atom. The summed E-state index contributed by atoms with van der Waals surface area (Å²) in [6.45, 7) is 0. The van der Waals surface area contributed by atoms with Crippen molar-refractivity contribution in [2.45, 2.75) is 12.1 Å². The van der Waals surface area contributed by atoms with E-state index >= 15 is 0 Å². The van der Waals surface area contributed by atoms with Crippen LogP contribution in [0.25, 0.3) is 0 Å². The van der Waals surface area contributed by atoms with Crippen molar-refractivity contribution in [2.24, 2.45) is 0 Å². The molecule has 0 radical (unpaired) electrons. The Morgan fingerprint density at radius 2 is 1.55 bits per heavy atom. The van der Waals surface area contributed by atoms with Crippen LogP contribution in [0.1, 0.15) is 17.3 Å². The average molecular weight is 316 g/mol. The molecule has 4 nitrogen and oxygen atoms in total. The summed E-state index contributed by atoms with van der Waals surface area (Å²) in [5, 5.41) is 2.67. The molecule has 0 aliphatic rings. The van der Waals surface area contributed by atoms with Gasteiger partial charge in [0.15, 0.2) is 0 Å². The van der Waals surface area contributed by atoms with E-state index in [4.69, 9.17) is 5.73 Å². The standard InChI is InChI=1S/C10H6F5N3O.ClH/c11-9(12,5-1-3-6(16)4-2-5)7-17-8(19-18-7)10(13,14)15;/h1-4H,16H2;1H. The highest BCUT2D eigenvalue weighted by Gasteiger charge is 2.44. The van der Waals surface area contributed by atoms with Crippen LogP contribution in [0.3, 0.4) is 0 Å². The number of halogens is 6. The summed E-state index contributed by atoms with van der Waals surface area (Å²) >= 11 is 0. The molecular formula is C10H7ClF5N3O. The number of nitrogens with two attached hydrogens (primary N) is 1. The van der Waals surface area contributed by atoms with Gasteiger partial charge in [0.05, 0.1) is 0 Å². The summed E-state index contributed by atoms with van der Waals surface area (Å²) in [7, 11) is 0. The minimum absolute atomic E-state index is 0. The maximum atomic E-state index is 13.8. The molecule has 0 aliphatic carbocycles. The topological polar surface area (TPSA) is 64.9 Å². The zero-order chi connectivity index (χ0) is 14.3. The van der Waals surface area contributed by atoms with Gasteiger partial charge >= 0.3 is 18.0 Å². The van der Waals surface area contributed by atoms with Gasteiger partial charge in [-0.2, -0.15) is 26.9 Å². The predicted molar refractivity (Wildman–Crippen MR) is 60.4 cm³/mol. The van der Waals surface area contributed by atoms with Gasteiger partial charge in [-0.25, -0.2) is 0 Å². The van der Waals surface area contributed by atoms with Gasteiger partial charge in [-0.3, -0.25) is 0 Å². The highest BCUT2D eigenvalue weighted by molar-refractivity contribution is 5.85. The van der Waals surface area contributed by atoms with Crippen LogP contribution in [0, 0.1) is 0 Å². The molecule has 10 heteroatoms. The van der Waals surface area contributed by atoms with Crippen LogP contribution in [0.15, 0.2) is 28.8 Å². The molecule has 0 fully saturated rings. The number of nitrogen functional groups attached to an aromatic ring is 1. The number of aromatic nitrogens is 2. The van der Waals surface area contributed by atoms with Crippen molar-refractivity contribution in [1.82, 2.24) is 10.1 Å². The first-order chi connectivity index (χ1) is 8.71. The Kier molecular flexibility index (Phi) is 4.23. The molecule has 2 N–H and O–H groups in total. The lowest BCUT2D eigenvalue weighted by atomic mass is 10.1. The molecule has 0 saturated heterocycles. The van der Waals surface area contributed by atoms with Crippen LogP contribution >= 0.6 is 12.4 Å². The van der Waals surface area contributed by atoms with Gasteiger partial charge in [0.1, 0.15) is 0 Å². The molecule has 110 valence electrons. The zero-order valence-corrected chi connectivity index (χ0v) is 10.3. The summed E-state index contributed by atoms with van der Waals surface area (Å²) < 4.78 is 68.0. The first-order valence-corrected chi connectivity index (χ1v) is 4.86. The Labute approximate surface area is 115 Å². The third kappa shape index (κ3) is 2.98. The highest BCUT2D eigenvalue weighted by atomic mass is 35.5. The van der Waals surface area contributed by atoms with Gasteiger partial charge in [0.25, 0.3) is 0 Å². The Bertz CT molecular complexity index is 581. The second kappa shape index (κ2) is 5.23. The van der Waals surface area contributed by atoms with Crippen molar-refractivity contribution in [2.75, 3.05) is 5.73 Å². The second-order valence-electron chi connectivity index (χ2n) is 3.62. The van der Waals surface area contributed by atoms with Crippen molar-refractivity contribution in [3.8, 4) is 0 Å². The number of rotatable bonds is 2. The van der Waals surface area contributed by atoms with Gasteiger partial charge in [0, 0.05) is 11.3 Å². The molecule has 0 bridgehead atoms. The molecule has 20 heavy (non-hydrogen) atoms. The maximum absolute atomic E-state index is 13.8. The lowest BCUT2D eigenvalue weighted by molar-refractivity contribution is -0.159. The fourth-order valence-corrected chi connectivity index (χ4v) is 1.29. The Hall–Kier alpha value is -1.90. The second-order valence-corrected chi connectivity index (χ2v) is 3.62. The van der Waals surface area contributed by atoms with Gasteiger partial charge in [-0.1, -0.05) is 17.3 Å². The van der Waals surface area contributed by atoms with Crippen LogP contribution < -0.4 is 5.73 Å². The summed E-state index contributed by atoms with van der Waals surface area (Å²) in [4.78, 5) is 2.67. The molecule has 1 aromatic heterocycles. The molecule has 0 unspecified atom stereocenters. The Balaban J connectivity index is 0.00000200. The lowest BCUT2D eigenvalue weighted by Gasteiger charge is -2.12. The van der Waals surface area contributed by atoms with Gasteiger partial charge < -0.3 is 10.3 Å². The number of benzene rings is 1. The minimum atomic E-state index is -4.97. The van der Waals surface area contributed by atoms with Gasteiger partial charge in [-0.05, 0) is 12.1 Å². The van der Waals surface area contributed by atoms with Crippen LogP contribution in [-0.2, 0) is 12.1 Å². The van der Waals surface area contributed by atoms with Crippen LogP contribution in [0.5, 0.6) is 0 Å². The third-order valence-electron chi connectivity index (χ3n) is 2.22. The van der Waals surface area contributed by atoms with E-state index in [1.165, 1.54) is 12.1 Å². The van der Waals surface area contributed by atoms with E-state index in [1.54, 1.807) is 0 Å². The van der Waals surface area contributed by atoms with Crippen molar-refractivity contribution in [3.05, 3.63) is 41.5 Å². The van der Waals surface area contributed by atoms with E-state index in [0.717, 1.165) is 12.1 Å². The average Bonchev–Trinajstić information content (AvgIpc) is 2.79. The summed E-state index contributed by atoms with van der Waals surface area (Å²) in [6.07, 6.45) is -4.97. The summed E-state index contributed by atoms with van der Waals surface area (Å²) in [6, 6.07) is 4.32. The number of nitrogens with zero attached hydrogens (tertiary/aromatic N) is 2. The molecule has 1 aromatic carbocycles. The number of hydrogen-bond donors (Lipinski definition) is 1. The van der Waals surface area contributed by atoms with Crippen molar-refractivity contribution in [3.63, 3.8) is 0 Å². The summed E-state index contributed by atoms with van der Waals surface area (Å²) in [5.74, 6) is -6.98. The van der Waals surface area contributed by atoms with Gasteiger partial charge in [-0.15, -0.1) is 12.4 Å². The molecule has 0 spiro atoms. The predicted octanol–water partition coefficient (Wildman–Crippen LogP) is 3.23. The van der Waals surface area contributed by atoms with E-state index in [9.17, 15) is 22.0 Å². The van der Waals surface area contributed by atoms with Crippen molar-refractivity contribution < 1.29 is 26.5 Å². The fourth-order valence-electron chi connectivity index (χ4n) is 1.29. The molecule has 2 rings (SSSR count). The maximum Gasteiger partial charge on any atom is 0.471 e. The monoisotopic (exact) mass is 315 g/mol. The smallest absolute Gasteiger partial charge is 0.399 e. The lowest BCUT2D eigenvalue weighted by Crippen LogP contribution is -2.18. The molecule has 1 heterocycles. The SMILES string of the molecule is Cl.Nc1ccc(C(F)(F)c2noc(C(F)(F)F)n2)cc1. The van der Waals surface area contributed by atoms with E-state index in [2.05, 4.69) is 14.7 Å². The number of hydrogen-bond acceptors (Lipinski definition) is 4. The van der Waals surface area contributed by atoms with E-state index in [-0.39, 0.29) is 18.1 Å². The third-order valence-corrected chi connectivity index (χ3v) is 2.22. The molecule has 0 atom stereocenters. The molecular weight excluding hydrogens is 309 g/mol. The minimum Gasteiger partial charge on any atom is -0.399 e. The number of anilines is 1. The normalized spacial score (nSPS) is 12.1. The first-order valence-electron chi connectivity index (χ1n) is 4.86. The first kappa shape index (κ1) is 16.2. The van der Waals surface area contributed by atoms with E-state index < -0.39 is 29.4 Å². The van der Waals surface area contributed by atoms with Crippen molar-refractivity contribution >= 4 is 18.1 Å². The van der Waals surface area contributed by atoms with Gasteiger partial charge in [0.2, 0.25) is 5.82 Å². The summed E-state index contributed by atoms with van der Waals surface area (Å²) in [5.41, 5.74) is 4.98. The van der Waals surface area contributed by atoms with Crippen LogP contribution in [-0.4, -0.2) is 10.1 Å². The molecule has 2 aromatic rings. The quantitative estimate of drug-likeness (QED) is 0.682. The van der Waals surface area contributed by atoms with Crippen LogP contribution in [0.2, 0.25) is 0 Å². The van der Waals surface area contributed by atoms with E-state index in [1.807, 2.05) is 0 Å². The molecule has 0 amide bonds. The van der Waals surface area contributed by atoms with Crippen molar-refractivity contribution in [1.29, 1.82) is 0 Å². The Morgan fingerprint density at radius 1 is 1.00 bits per heavy atom. The molecule has 0 aliphatic heterocycles. The van der Waals surface area contributed by atoms with Crippen LogP contribution in [0.4, 0.5) is 27.6 Å². The molecule has 0 saturated carbocycles. The van der Waals surface area contributed by atoms with E-state index in [0.29, 0.717) is 0 Å². The zero-order valence-electron chi connectivity index (χ0n) is 9.49. The number of alkyl halides is 5. The fraction of sp³-hybridized carbons (Fsp3) is 0.200. The highest BCUT2D eigenvalue weighted by Crippen LogP contribution is 2.36. The largest absolute Gasteiger partial charge is 0.471 e.